The van der Waals surface area contributed by atoms with Crippen LogP contribution in [0.5, 0.6) is 0 Å². The van der Waals surface area contributed by atoms with Crippen LogP contribution in [-0.2, 0) is 4.79 Å². The first-order valence-corrected chi connectivity index (χ1v) is 5.24. The van der Waals surface area contributed by atoms with E-state index < -0.39 is 5.97 Å². The minimum absolute atomic E-state index is 0.377. The fourth-order valence-corrected chi connectivity index (χ4v) is 3.75. The molecule has 0 radical (unpaired) electrons. The molecule has 62 valence electrons. The third kappa shape index (κ3) is 1.39. The van der Waals surface area contributed by atoms with Crippen LogP contribution in [0.15, 0.2) is 0 Å². The third-order valence-electron chi connectivity index (χ3n) is 2.82. The summed E-state index contributed by atoms with van der Waals surface area (Å²) in [6.45, 7) is 0. The van der Waals surface area contributed by atoms with Crippen LogP contribution in [0.3, 0.4) is 0 Å². The number of thioether (sulfide) groups is 1. The Labute approximate surface area is 70.4 Å². The first-order valence-electron chi connectivity index (χ1n) is 4.08. The van der Waals surface area contributed by atoms with Crippen molar-refractivity contribution in [3.05, 3.63) is 0 Å². The molecule has 0 aromatic carbocycles. The maximum atomic E-state index is 10.2. The van der Waals surface area contributed by atoms with Crippen molar-refractivity contribution in [3.63, 3.8) is 0 Å². The van der Waals surface area contributed by atoms with E-state index in [2.05, 4.69) is 0 Å². The number of carboxylic acids is 1. The summed E-state index contributed by atoms with van der Waals surface area (Å²) in [5.41, 5.74) is 0. The highest BCUT2D eigenvalue weighted by atomic mass is 32.2. The van der Waals surface area contributed by atoms with Gasteiger partial charge in [0.25, 0.3) is 0 Å². The van der Waals surface area contributed by atoms with E-state index >= 15 is 0 Å². The predicted molar refractivity (Wildman–Crippen MR) is 44.7 cm³/mol. The molecule has 2 aliphatic rings. The van der Waals surface area contributed by atoms with E-state index in [9.17, 15) is 4.79 Å². The molecule has 1 N–H and O–H groups in total. The Bertz CT molecular complexity index is 171. The van der Waals surface area contributed by atoms with Crippen LogP contribution in [0.4, 0.5) is 0 Å². The Hall–Kier alpha value is -0.180. The van der Waals surface area contributed by atoms with Gasteiger partial charge in [-0.25, -0.2) is 0 Å². The maximum absolute atomic E-state index is 10.2. The van der Waals surface area contributed by atoms with E-state index in [0.717, 1.165) is 24.2 Å². The molecule has 1 heterocycles. The summed E-state index contributed by atoms with van der Waals surface area (Å²) in [7, 11) is 0. The van der Waals surface area contributed by atoms with Gasteiger partial charge in [0.05, 0.1) is 0 Å². The van der Waals surface area contributed by atoms with E-state index in [1.54, 1.807) is 0 Å². The van der Waals surface area contributed by atoms with Gasteiger partial charge in [0.2, 0.25) is 0 Å². The second-order valence-electron chi connectivity index (χ2n) is 3.46. The van der Waals surface area contributed by atoms with Gasteiger partial charge in [0.15, 0.2) is 0 Å². The fraction of sp³-hybridized carbons (Fsp3) is 0.875. The summed E-state index contributed by atoms with van der Waals surface area (Å²) in [6.07, 6.45) is 1.30. The monoisotopic (exact) mass is 172 g/mol. The third-order valence-corrected chi connectivity index (χ3v) is 4.06. The van der Waals surface area contributed by atoms with Gasteiger partial charge in [0, 0.05) is 6.42 Å². The van der Waals surface area contributed by atoms with Gasteiger partial charge in [-0.15, -0.1) is 0 Å². The maximum Gasteiger partial charge on any atom is 0.303 e. The van der Waals surface area contributed by atoms with Gasteiger partial charge >= 0.3 is 5.97 Å². The first-order chi connectivity index (χ1) is 5.29. The lowest BCUT2D eigenvalue weighted by atomic mass is 10.2. The van der Waals surface area contributed by atoms with Crippen LogP contribution in [0.2, 0.25) is 0 Å². The lowest BCUT2D eigenvalue weighted by molar-refractivity contribution is -0.137. The highest BCUT2D eigenvalue weighted by molar-refractivity contribution is 7.99. The normalized spacial score (nSPS) is 40.2. The van der Waals surface area contributed by atoms with Crippen LogP contribution >= 0.6 is 11.8 Å². The number of carbonyl (C=O) groups is 1. The minimum Gasteiger partial charge on any atom is -0.481 e. The lowest BCUT2D eigenvalue weighted by Crippen LogP contribution is -1.98. The smallest absolute Gasteiger partial charge is 0.303 e. The van der Waals surface area contributed by atoms with Crippen LogP contribution in [0.1, 0.15) is 12.8 Å². The Morgan fingerprint density at radius 1 is 1.45 bits per heavy atom. The zero-order valence-electron chi connectivity index (χ0n) is 6.32. The Morgan fingerprint density at radius 2 is 2.09 bits per heavy atom. The number of fused-ring (bicyclic) bond motifs is 1. The summed E-state index contributed by atoms with van der Waals surface area (Å²) in [5, 5.41) is 8.45. The van der Waals surface area contributed by atoms with Gasteiger partial charge in [-0.2, -0.15) is 11.8 Å². The highest BCUT2D eigenvalue weighted by Crippen LogP contribution is 2.57. The predicted octanol–water partition coefficient (Wildman–Crippen LogP) is 1.46. The Morgan fingerprint density at radius 3 is 2.64 bits per heavy atom. The topological polar surface area (TPSA) is 37.3 Å². The molecule has 1 saturated carbocycles. The zero-order chi connectivity index (χ0) is 7.84. The van der Waals surface area contributed by atoms with Crippen molar-refractivity contribution in [2.75, 3.05) is 11.5 Å². The number of rotatable bonds is 3. The van der Waals surface area contributed by atoms with Crippen molar-refractivity contribution >= 4 is 17.7 Å². The molecular weight excluding hydrogens is 160 g/mol. The van der Waals surface area contributed by atoms with Crippen molar-refractivity contribution in [1.29, 1.82) is 0 Å². The standard InChI is InChI=1S/C8H12O2S/c9-8(10)2-1-5-6-3-11-4-7(5)6/h5-7H,1-4H2,(H,9,10). The van der Waals surface area contributed by atoms with Crippen molar-refractivity contribution in [2.45, 2.75) is 12.8 Å². The number of hydrogen-bond donors (Lipinski definition) is 1. The molecule has 0 bridgehead atoms. The van der Waals surface area contributed by atoms with E-state index in [0.29, 0.717) is 6.42 Å². The van der Waals surface area contributed by atoms with Crippen LogP contribution < -0.4 is 0 Å². The summed E-state index contributed by atoms with van der Waals surface area (Å²) < 4.78 is 0. The molecule has 1 aliphatic carbocycles. The van der Waals surface area contributed by atoms with E-state index in [1.165, 1.54) is 11.5 Å². The van der Waals surface area contributed by atoms with Gasteiger partial charge in [-0.3, -0.25) is 4.79 Å². The quantitative estimate of drug-likeness (QED) is 0.700. The summed E-state index contributed by atoms with van der Waals surface area (Å²) in [6, 6.07) is 0. The number of aliphatic carboxylic acids is 1. The minimum atomic E-state index is -0.636. The molecule has 2 nitrogen and oxygen atoms in total. The second-order valence-corrected chi connectivity index (χ2v) is 4.54. The first kappa shape index (κ1) is 7.47. The average Bonchev–Trinajstić information content (AvgIpc) is 2.44. The molecule has 1 saturated heterocycles. The molecule has 2 fully saturated rings. The molecular formula is C8H12O2S. The molecule has 2 rings (SSSR count). The number of hydrogen-bond acceptors (Lipinski definition) is 2. The Kier molecular flexibility index (Phi) is 1.83. The molecule has 0 amide bonds. The Balaban J connectivity index is 1.71. The molecule has 0 aromatic heterocycles. The van der Waals surface area contributed by atoms with E-state index in [-0.39, 0.29) is 0 Å². The molecule has 0 aromatic rings. The lowest BCUT2D eigenvalue weighted by Gasteiger charge is -1.98. The van der Waals surface area contributed by atoms with E-state index in [4.69, 9.17) is 5.11 Å². The van der Waals surface area contributed by atoms with Crippen LogP contribution in [-0.4, -0.2) is 22.6 Å². The molecule has 0 spiro atoms. The average molecular weight is 172 g/mol. The van der Waals surface area contributed by atoms with Crippen molar-refractivity contribution in [3.8, 4) is 0 Å². The fourth-order valence-electron chi connectivity index (χ4n) is 2.08. The molecule has 3 heteroatoms. The van der Waals surface area contributed by atoms with Gasteiger partial charge < -0.3 is 5.11 Å². The van der Waals surface area contributed by atoms with Crippen LogP contribution in [0.25, 0.3) is 0 Å². The molecule has 11 heavy (non-hydrogen) atoms. The largest absolute Gasteiger partial charge is 0.481 e. The van der Waals surface area contributed by atoms with Crippen molar-refractivity contribution in [1.82, 2.24) is 0 Å². The van der Waals surface area contributed by atoms with E-state index in [1.807, 2.05) is 11.8 Å². The van der Waals surface area contributed by atoms with Gasteiger partial charge in [0.1, 0.15) is 0 Å². The van der Waals surface area contributed by atoms with Gasteiger partial charge in [-0.05, 0) is 35.7 Å². The molecule has 2 unspecified atom stereocenters. The summed E-state index contributed by atoms with van der Waals surface area (Å²) in [4.78, 5) is 10.2. The van der Waals surface area contributed by atoms with Crippen molar-refractivity contribution < 1.29 is 9.90 Å². The van der Waals surface area contributed by atoms with Crippen molar-refractivity contribution in [2.24, 2.45) is 17.8 Å². The SMILES string of the molecule is O=C(O)CCC1C2CSCC12. The molecule has 2 atom stereocenters. The highest BCUT2D eigenvalue weighted by Gasteiger charge is 2.52. The summed E-state index contributed by atoms with van der Waals surface area (Å²) >= 11 is 2.02. The van der Waals surface area contributed by atoms with Gasteiger partial charge in [-0.1, -0.05) is 0 Å². The zero-order valence-corrected chi connectivity index (χ0v) is 7.14. The number of carboxylic acid groups (broad SMARTS) is 1. The molecule has 1 aliphatic heterocycles. The van der Waals surface area contributed by atoms with Crippen LogP contribution in [0, 0.1) is 17.8 Å². The second kappa shape index (κ2) is 2.70. The summed E-state index contributed by atoms with van der Waals surface area (Å²) in [5.74, 6) is 4.48.